The number of aromatic nitrogens is 1. The number of thiazole rings is 1. The molecule has 1 aromatic heterocycles. The van der Waals surface area contributed by atoms with Crippen molar-refractivity contribution in [2.75, 3.05) is 25.0 Å². The van der Waals surface area contributed by atoms with Crippen LogP contribution in [0.25, 0.3) is 0 Å². The van der Waals surface area contributed by atoms with E-state index in [1.807, 2.05) is 5.38 Å². The van der Waals surface area contributed by atoms with Crippen molar-refractivity contribution in [1.29, 1.82) is 0 Å². The highest BCUT2D eigenvalue weighted by molar-refractivity contribution is 7.89. The summed E-state index contributed by atoms with van der Waals surface area (Å²) < 4.78 is 33.1. The van der Waals surface area contributed by atoms with E-state index >= 15 is 0 Å². The molecule has 6 nitrogen and oxygen atoms in total. The zero-order valence-electron chi connectivity index (χ0n) is 13.8. The molecule has 0 atom stereocenters. The second-order valence-corrected chi connectivity index (χ2v) is 9.21. The van der Waals surface area contributed by atoms with Crippen molar-refractivity contribution >= 4 is 26.5 Å². The molecule has 2 aromatic rings. The van der Waals surface area contributed by atoms with Gasteiger partial charge in [-0.3, -0.25) is 0 Å². The highest BCUT2D eigenvalue weighted by atomic mass is 32.2. The quantitative estimate of drug-likeness (QED) is 0.884. The predicted molar refractivity (Wildman–Crippen MR) is 97.8 cm³/mol. The van der Waals surface area contributed by atoms with E-state index in [0.29, 0.717) is 24.6 Å². The lowest BCUT2D eigenvalue weighted by Crippen LogP contribution is -2.42. The summed E-state index contributed by atoms with van der Waals surface area (Å²) in [7, 11) is -3.44. The molecule has 1 aromatic carbocycles. The van der Waals surface area contributed by atoms with Crippen LogP contribution in [0.2, 0.25) is 0 Å². The number of hydrogen-bond acceptors (Lipinski definition) is 6. The summed E-state index contributed by atoms with van der Waals surface area (Å²) in [4.78, 5) is 4.61. The molecule has 1 N–H and O–H groups in total. The molecule has 134 valence electrons. The Morgan fingerprint density at radius 1 is 1.28 bits per heavy atom. The Bertz CT molecular complexity index is 829. The first-order valence-corrected chi connectivity index (χ1v) is 10.9. The monoisotopic (exact) mass is 379 g/mol. The van der Waals surface area contributed by atoms with Crippen molar-refractivity contribution in [2.45, 2.75) is 36.6 Å². The third-order valence-electron chi connectivity index (χ3n) is 4.73. The molecular weight excluding hydrogens is 358 g/mol. The molecule has 25 heavy (non-hydrogen) atoms. The molecule has 0 aliphatic carbocycles. The summed E-state index contributed by atoms with van der Waals surface area (Å²) in [5.74, 6) is 0.816. The molecule has 0 spiro atoms. The first-order valence-electron chi connectivity index (χ1n) is 8.55. The molecule has 0 unspecified atom stereocenters. The molecule has 2 aliphatic heterocycles. The minimum atomic E-state index is -3.44. The number of nitrogens with zero attached hydrogens (tertiary/aromatic N) is 2. The number of sulfonamides is 1. The van der Waals surface area contributed by atoms with Gasteiger partial charge in [-0.15, -0.1) is 11.3 Å². The molecule has 0 radical (unpaired) electrons. The fourth-order valence-electron chi connectivity index (χ4n) is 3.36. The maximum atomic E-state index is 13.0. The van der Waals surface area contributed by atoms with Gasteiger partial charge in [0, 0.05) is 30.7 Å². The molecule has 3 heterocycles. The van der Waals surface area contributed by atoms with Crippen LogP contribution >= 0.6 is 11.3 Å². The molecule has 4 rings (SSSR count). The summed E-state index contributed by atoms with van der Waals surface area (Å²) in [5.41, 5.74) is 0.993. The molecular formula is C17H21N3O3S2. The van der Waals surface area contributed by atoms with Crippen LogP contribution in [0.5, 0.6) is 5.75 Å². The van der Waals surface area contributed by atoms with Crippen LogP contribution in [0.4, 0.5) is 5.13 Å². The number of ether oxygens (including phenoxy) is 1. The second kappa shape index (κ2) is 6.93. The van der Waals surface area contributed by atoms with E-state index in [1.54, 1.807) is 40.0 Å². The van der Waals surface area contributed by atoms with Crippen LogP contribution < -0.4 is 10.1 Å². The van der Waals surface area contributed by atoms with Gasteiger partial charge in [-0.05, 0) is 49.4 Å². The van der Waals surface area contributed by atoms with E-state index in [-0.39, 0.29) is 6.04 Å². The molecule has 1 saturated heterocycles. The topological polar surface area (TPSA) is 71.5 Å². The largest absolute Gasteiger partial charge is 0.493 e. The number of aryl methyl sites for hydroxylation is 1. The number of piperidine rings is 1. The number of rotatable bonds is 4. The Balaban J connectivity index is 1.44. The van der Waals surface area contributed by atoms with Crippen molar-refractivity contribution < 1.29 is 13.2 Å². The van der Waals surface area contributed by atoms with E-state index in [4.69, 9.17) is 4.74 Å². The standard InChI is InChI=1S/C17H21N3O3S2/c21-25(22,15-3-4-16-13(12-15)2-1-10-23-16)20-8-5-14(6-9-20)19-17-18-7-11-24-17/h3-4,7,11-12,14H,1-2,5-6,8-10H2,(H,18,19). The number of hydrogen-bond donors (Lipinski definition) is 1. The molecule has 0 saturated carbocycles. The van der Waals surface area contributed by atoms with E-state index in [9.17, 15) is 8.42 Å². The number of fused-ring (bicyclic) bond motifs is 1. The van der Waals surface area contributed by atoms with E-state index < -0.39 is 10.0 Å². The van der Waals surface area contributed by atoms with E-state index in [0.717, 1.165) is 42.1 Å². The minimum Gasteiger partial charge on any atom is -0.493 e. The fraction of sp³-hybridized carbons (Fsp3) is 0.471. The van der Waals surface area contributed by atoms with Gasteiger partial charge in [0.2, 0.25) is 10.0 Å². The average molecular weight is 380 g/mol. The minimum absolute atomic E-state index is 0.273. The Morgan fingerprint density at radius 2 is 2.12 bits per heavy atom. The maximum Gasteiger partial charge on any atom is 0.243 e. The van der Waals surface area contributed by atoms with Gasteiger partial charge in [-0.2, -0.15) is 4.31 Å². The third kappa shape index (κ3) is 3.51. The number of anilines is 1. The zero-order valence-corrected chi connectivity index (χ0v) is 15.5. The van der Waals surface area contributed by atoms with Crippen LogP contribution in [0, 0.1) is 0 Å². The van der Waals surface area contributed by atoms with E-state index in [2.05, 4.69) is 10.3 Å². The lowest BCUT2D eigenvalue weighted by Gasteiger charge is -2.31. The van der Waals surface area contributed by atoms with Crippen molar-refractivity contribution in [3.63, 3.8) is 0 Å². The molecule has 2 aliphatic rings. The van der Waals surface area contributed by atoms with Gasteiger partial charge >= 0.3 is 0 Å². The van der Waals surface area contributed by atoms with Crippen molar-refractivity contribution in [1.82, 2.24) is 9.29 Å². The van der Waals surface area contributed by atoms with Crippen LogP contribution in [0.15, 0.2) is 34.7 Å². The first kappa shape index (κ1) is 16.8. The Kier molecular flexibility index (Phi) is 4.66. The summed E-state index contributed by atoms with van der Waals surface area (Å²) >= 11 is 1.57. The Morgan fingerprint density at radius 3 is 2.88 bits per heavy atom. The molecule has 1 fully saturated rings. The van der Waals surface area contributed by atoms with E-state index in [1.165, 1.54) is 0 Å². The summed E-state index contributed by atoms with van der Waals surface area (Å²) in [6.45, 7) is 1.76. The Hall–Kier alpha value is -1.64. The van der Waals surface area contributed by atoms with Crippen LogP contribution in [-0.4, -0.2) is 43.4 Å². The number of nitrogens with one attached hydrogen (secondary N) is 1. The summed E-state index contributed by atoms with van der Waals surface area (Å²) in [6.07, 6.45) is 5.15. The first-order chi connectivity index (χ1) is 12.1. The van der Waals surface area contributed by atoms with Crippen molar-refractivity contribution in [3.8, 4) is 5.75 Å². The van der Waals surface area contributed by atoms with Crippen molar-refractivity contribution in [2.24, 2.45) is 0 Å². The molecule has 0 bridgehead atoms. The van der Waals surface area contributed by atoms with Gasteiger partial charge in [0.1, 0.15) is 5.75 Å². The third-order valence-corrected chi connectivity index (χ3v) is 7.33. The maximum absolute atomic E-state index is 13.0. The Labute approximate surface area is 151 Å². The fourth-order valence-corrected chi connectivity index (χ4v) is 5.48. The van der Waals surface area contributed by atoms with Gasteiger partial charge in [0.05, 0.1) is 11.5 Å². The van der Waals surface area contributed by atoms with Gasteiger partial charge in [-0.1, -0.05) is 0 Å². The highest BCUT2D eigenvalue weighted by Crippen LogP contribution is 2.29. The zero-order chi connectivity index (χ0) is 17.3. The van der Waals surface area contributed by atoms with Crippen molar-refractivity contribution in [3.05, 3.63) is 35.3 Å². The van der Waals surface area contributed by atoms with Gasteiger partial charge in [-0.25, -0.2) is 13.4 Å². The van der Waals surface area contributed by atoms with Gasteiger partial charge < -0.3 is 10.1 Å². The lowest BCUT2D eigenvalue weighted by molar-refractivity contribution is 0.288. The van der Waals surface area contributed by atoms with Crippen LogP contribution in [-0.2, 0) is 16.4 Å². The predicted octanol–water partition coefficient (Wildman–Crippen LogP) is 2.73. The van der Waals surface area contributed by atoms with Gasteiger partial charge in [0.15, 0.2) is 5.13 Å². The van der Waals surface area contributed by atoms with Crippen LogP contribution in [0.1, 0.15) is 24.8 Å². The second-order valence-electron chi connectivity index (χ2n) is 6.38. The van der Waals surface area contributed by atoms with Gasteiger partial charge in [0.25, 0.3) is 0 Å². The summed E-state index contributed by atoms with van der Waals surface area (Å²) in [5, 5.41) is 6.21. The lowest BCUT2D eigenvalue weighted by atomic mass is 10.1. The average Bonchev–Trinajstić information content (AvgIpc) is 3.15. The SMILES string of the molecule is O=S(=O)(c1ccc2c(c1)CCCO2)N1CCC(Nc2nccs2)CC1. The summed E-state index contributed by atoms with van der Waals surface area (Å²) in [6, 6.07) is 5.51. The highest BCUT2D eigenvalue weighted by Gasteiger charge is 2.30. The normalized spacial score (nSPS) is 19.2. The van der Waals surface area contributed by atoms with Crippen LogP contribution in [0.3, 0.4) is 0 Å². The molecule has 0 amide bonds. The number of benzene rings is 1. The smallest absolute Gasteiger partial charge is 0.243 e. The molecule has 8 heteroatoms.